The number of pyridine rings is 1. The first kappa shape index (κ1) is 10.8. The van der Waals surface area contributed by atoms with E-state index >= 15 is 0 Å². The summed E-state index contributed by atoms with van der Waals surface area (Å²) in [5, 5.41) is 12.3. The largest absolute Gasteiger partial charge is 0.396 e. The summed E-state index contributed by atoms with van der Waals surface area (Å²) < 4.78 is 0. The number of nitrogens with one attached hydrogen (secondary N) is 1. The molecule has 1 aromatic heterocycles. The van der Waals surface area contributed by atoms with Crippen LogP contribution in [0.4, 0.5) is 11.5 Å². The van der Waals surface area contributed by atoms with Crippen LogP contribution in [0.2, 0.25) is 0 Å². The highest BCUT2D eigenvalue weighted by Crippen LogP contribution is 2.20. The fourth-order valence-corrected chi connectivity index (χ4v) is 1.05. The van der Waals surface area contributed by atoms with Crippen molar-refractivity contribution in [1.82, 2.24) is 4.98 Å². The topological polar surface area (TPSA) is 71.2 Å². The van der Waals surface area contributed by atoms with E-state index in [1.807, 2.05) is 13.8 Å². The quantitative estimate of drug-likeness (QED) is 0.676. The first-order valence-corrected chi connectivity index (χ1v) is 4.71. The first-order valence-electron chi connectivity index (χ1n) is 4.71. The Morgan fingerprint density at radius 1 is 1.64 bits per heavy atom. The van der Waals surface area contributed by atoms with Gasteiger partial charge in [-0.2, -0.15) is 0 Å². The van der Waals surface area contributed by atoms with Gasteiger partial charge in [-0.3, -0.25) is 0 Å². The normalized spacial score (nSPS) is 14.8. The summed E-state index contributed by atoms with van der Waals surface area (Å²) in [6, 6.07) is 3.56. The molecule has 1 aromatic rings. The summed E-state index contributed by atoms with van der Waals surface area (Å²) >= 11 is 0. The molecule has 14 heavy (non-hydrogen) atoms. The van der Waals surface area contributed by atoms with E-state index in [9.17, 15) is 5.11 Å². The third-order valence-electron chi connectivity index (χ3n) is 2.39. The Morgan fingerprint density at radius 3 is 2.86 bits per heavy atom. The highest BCUT2D eigenvalue weighted by Gasteiger charge is 2.21. The molecule has 0 spiro atoms. The lowest BCUT2D eigenvalue weighted by Crippen LogP contribution is -2.38. The number of hydrogen-bond acceptors (Lipinski definition) is 4. The van der Waals surface area contributed by atoms with Gasteiger partial charge < -0.3 is 16.2 Å². The zero-order valence-electron chi connectivity index (χ0n) is 8.62. The third kappa shape index (κ3) is 2.35. The molecular formula is C10H17N3O. The third-order valence-corrected chi connectivity index (χ3v) is 2.39. The van der Waals surface area contributed by atoms with Gasteiger partial charge in [0.15, 0.2) is 0 Å². The van der Waals surface area contributed by atoms with Crippen molar-refractivity contribution in [2.45, 2.75) is 25.8 Å². The summed E-state index contributed by atoms with van der Waals surface area (Å²) in [5.41, 5.74) is 5.97. The van der Waals surface area contributed by atoms with Crippen LogP contribution in [0.1, 0.15) is 20.3 Å². The Labute approximate surface area is 84.2 Å². The van der Waals surface area contributed by atoms with E-state index in [4.69, 9.17) is 5.73 Å². The van der Waals surface area contributed by atoms with Crippen LogP contribution < -0.4 is 11.1 Å². The van der Waals surface area contributed by atoms with Gasteiger partial charge in [0.1, 0.15) is 5.82 Å². The number of rotatable bonds is 4. The number of aliphatic hydroxyl groups excluding tert-OH is 1. The number of hydrogen-bond donors (Lipinski definition) is 3. The molecular weight excluding hydrogens is 178 g/mol. The molecule has 1 heterocycles. The lowest BCUT2D eigenvalue weighted by Gasteiger charge is -2.28. The van der Waals surface area contributed by atoms with E-state index in [2.05, 4.69) is 10.3 Å². The van der Waals surface area contributed by atoms with Crippen molar-refractivity contribution >= 4 is 11.5 Å². The van der Waals surface area contributed by atoms with E-state index in [1.165, 1.54) is 0 Å². The van der Waals surface area contributed by atoms with Gasteiger partial charge >= 0.3 is 0 Å². The van der Waals surface area contributed by atoms with Gasteiger partial charge in [0.2, 0.25) is 0 Å². The molecule has 0 aliphatic carbocycles. The van der Waals surface area contributed by atoms with Crippen molar-refractivity contribution in [3.63, 3.8) is 0 Å². The van der Waals surface area contributed by atoms with Crippen molar-refractivity contribution in [3.05, 3.63) is 18.3 Å². The van der Waals surface area contributed by atoms with Gasteiger partial charge in [0, 0.05) is 6.20 Å². The van der Waals surface area contributed by atoms with E-state index in [-0.39, 0.29) is 12.1 Å². The molecule has 0 bridgehead atoms. The number of nitrogens with two attached hydrogens (primary N) is 1. The second-order valence-corrected chi connectivity index (χ2v) is 3.64. The Morgan fingerprint density at radius 2 is 2.36 bits per heavy atom. The highest BCUT2D eigenvalue weighted by molar-refractivity contribution is 5.61. The number of nitrogen functional groups attached to an aromatic ring is 1. The molecule has 0 fully saturated rings. The van der Waals surface area contributed by atoms with Crippen molar-refractivity contribution < 1.29 is 5.11 Å². The zero-order chi connectivity index (χ0) is 10.6. The van der Waals surface area contributed by atoms with Gasteiger partial charge in [-0.1, -0.05) is 6.92 Å². The lowest BCUT2D eigenvalue weighted by molar-refractivity contribution is 0.218. The summed E-state index contributed by atoms with van der Waals surface area (Å²) in [7, 11) is 0. The lowest BCUT2D eigenvalue weighted by atomic mass is 10.0. The molecule has 4 nitrogen and oxygen atoms in total. The summed E-state index contributed by atoms with van der Waals surface area (Å²) in [6.45, 7) is 3.99. The minimum atomic E-state index is -0.359. The fourth-order valence-electron chi connectivity index (χ4n) is 1.05. The minimum Gasteiger partial charge on any atom is -0.396 e. The molecule has 0 saturated heterocycles. The molecule has 0 aliphatic heterocycles. The second kappa shape index (κ2) is 4.28. The standard InChI is InChI=1S/C10H17N3O/c1-3-10(2,7-14)13-9-8(11)5-4-6-12-9/h4-6,14H,3,7,11H2,1-2H3,(H,12,13). The molecule has 0 saturated carbocycles. The Balaban J connectivity index is 2.82. The summed E-state index contributed by atoms with van der Waals surface area (Å²) in [4.78, 5) is 4.11. The van der Waals surface area contributed by atoms with Crippen molar-refractivity contribution in [2.75, 3.05) is 17.7 Å². The number of aliphatic hydroxyl groups is 1. The molecule has 78 valence electrons. The van der Waals surface area contributed by atoms with Crippen LogP contribution in [0.5, 0.6) is 0 Å². The minimum absolute atomic E-state index is 0.0551. The average molecular weight is 195 g/mol. The van der Waals surface area contributed by atoms with Gasteiger partial charge in [-0.05, 0) is 25.5 Å². The Hall–Kier alpha value is -1.29. The van der Waals surface area contributed by atoms with Gasteiger partial charge in [-0.15, -0.1) is 0 Å². The fraction of sp³-hybridized carbons (Fsp3) is 0.500. The first-order chi connectivity index (χ1) is 6.61. The summed E-state index contributed by atoms with van der Waals surface area (Å²) in [6.07, 6.45) is 2.48. The maximum absolute atomic E-state index is 9.21. The molecule has 1 rings (SSSR count). The second-order valence-electron chi connectivity index (χ2n) is 3.64. The molecule has 4 N–H and O–H groups in total. The number of nitrogens with zero attached hydrogens (tertiary/aromatic N) is 1. The smallest absolute Gasteiger partial charge is 0.149 e. The van der Waals surface area contributed by atoms with Crippen molar-refractivity contribution in [1.29, 1.82) is 0 Å². The predicted molar refractivity (Wildman–Crippen MR) is 58.1 cm³/mol. The highest BCUT2D eigenvalue weighted by atomic mass is 16.3. The molecule has 0 radical (unpaired) electrons. The van der Waals surface area contributed by atoms with Crippen LogP contribution in [0.15, 0.2) is 18.3 Å². The molecule has 0 aliphatic rings. The van der Waals surface area contributed by atoms with Crippen LogP contribution in [0, 0.1) is 0 Å². The maximum Gasteiger partial charge on any atom is 0.149 e. The van der Waals surface area contributed by atoms with E-state index in [1.54, 1.807) is 18.3 Å². The van der Waals surface area contributed by atoms with Crippen LogP contribution >= 0.6 is 0 Å². The van der Waals surface area contributed by atoms with Crippen LogP contribution in [-0.4, -0.2) is 22.2 Å². The van der Waals surface area contributed by atoms with Crippen LogP contribution in [0.25, 0.3) is 0 Å². The predicted octanol–water partition coefficient (Wildman–Crippen LogP) is 1.24. The van der Waals surface area contributed by atoms with Gasteiger partial charge in [0.05, 0.1) is 17.8 Å². The molecule has 1 unspecified atom stereocenters. The Kier molecular flexibility index (Phi) is 3.30. The van der Waals surface area contributed by atoms with Crippen LogP contribution in [-0.2, 0) is 0 Å². The molecule has 4 heteroatoms. The molecule has 0 aromatic carbocycles. The van der Waals surface area contributed by atoms with E-state index in [0.717, 1.165) is 6.42 Å². The van der Waals surface area contributed by atoms with Crippen molar-refractivity contribution in [2.24, 2.45) is 0 Å². The van der Waals surface area contributed by atoms with Crippen molar-refractivity contribution in [3.8, 4) is 0 Å². The van der Waals surface area contributed by atoms with E-state index < -0.39 is 0 Å². The Bertz CT molecular complexity index is 297. The summed E-state index contributed by atoms with van der Waals surface area (Å²) in [5.74, 6) is 0.630. The van der Waals surface area contributed by atoms with E-state index in [0.29, 0.717) is 11.5 Å². The maximum atomic E-state index is 9.21. The number of anilines is 2. The number of aromatic nitrogens is 1. The average Bonchev–Trinajstić information content (AvgIpc) is 2.21. The monoisotopic (exact) mass is 195 g/mol. The van der Waals surface area contributed by atoms with Gasteiger partial charge in [0.25, 0.3) is 0 Å². The molecule has 1 atom stereocenters. The van der Waals surface area contributed by atoms with Gasteiger partial charge in [-0.25, -0.2) is 4.98 Å². The zero-order valence-corrected chi connectivity index (χ0v) is 8.62. The van der Waals surface area contributed by atoms with Crippen LogP contribution in [0.3, 0.4) is 0 Å². The SMILES string of the molecule is CCC(C)(CO)Nc1ncccc1N. The molecule has 0 amide bonds.